The van der Waals surface area contributed by atoms with Crippen LogP contribution in [0.25, 0.3) is 0 Å². The molecule has 0 saturated carbocycles. The maximum Gasteiger partial charge on any atom is 0.271 e. The van der Waals surface area contributed by atoms with E-state index in [2.05, 4.69) is 13.8 Å². The first kappa shape index (κ1) is 16.2. The Morgan fingerprint density at radius 1 is 0.812 bits per heavy atom. The summed E-state index contributed by atoms with van der Waals surface area (Å²) in [4.78, 5) is 10.6. The molecule has 0 bridgehead atoms. The van der Waals surface area contributed by atoms with Crippen molar-refractivity contribution in [1.82, 2.24) is 0 Å². The van der Waals surface area contributed by atoms with Crippen LogP contribution in [0.3, 0.4) is 0 Å². The molecule has 0 unspecified atom stereocenters. The maximum absolute atomic E-state index is 10.6. The van der Waals surface area contributed by atoms with Crippen LogP contribution in [0.15, 0.2) is 0 Å². The Morgan fingerprint density at radius 2 is 1.31 bits per heavy atom. The number of hydrogen-bond acceptors (Lipinski definition) is 1. The Kier molecular flexibility index (Phi) is 13.4. The fourth-order valence-corrected chi connectivity index (χ4v) is 5.00. The third-order valence-electron chi connectivity index (χ3n) is 3.36. The zero-order chi connectivity index (χ0) is 12.1. The zero-order valence-electron chi connectivity index (χ0n) is 11.3. The zero-order valence-corrected chi connectivity index (χ0v) is 12.5. The molecule has 0 aromatic heterocycles. The lowest BCUT2D eigenvalue weighted by molar-refractivity contribution is -0.106. The van der Waals surface area contributed by atoms with Gasteiger partial charge in [0.1, 0.15) is 6.29 Å². The summed E-state index contributed by atoms with van der Waals surface area (Å²) in [5, 5.41) is 3.74. The highest BCUT2D eigenvalue weighted by atomic mass is 27.2. The molecule has 0 fully saturated rings. The van der Waals surface area contributed by atoms with Gasteiger partial charge < -0.3 is 4.79 Å². The topological polar surface area (TPSA) is 17.1 Å². The average molecular weight is 240 g/mol. The first-order valence-corrected chi connectivity index (χ1v) is 9.73. The highest BCUT2D eigenvalue weighted by molar-refractivity contribution is 6.61. The number of unbranched alkanes of at least 4 members (excludes halogenated alkanes) is 6. The van der Waals surface area contributed by atoms with Gasteiger partial charge in [-0.2, -0.15) is 0 Å². The molecule has 0 radical (unpaired) electrons. The van der Waals surface area contributed by atoms with Crippen molar-refractivity contribution >= 4 is 20.4 Å². The van der Waals surface area contributed by atoms with Gasteiger partial charge in [-0.1, -0.05) is 75.8 Å². The summed E-state index contributed by atoms with van der Waals surface area (Å²) in [7, 11) is 0. The summed E-state index contributed by atoms with van der Waals surface area (Å²) in [5.74, 6) is 0. The van der Waals surface area contributed by atoms with Gasteiger partial charge in [-0.05, 0) is 5.28 Å². The Morgan fingerprint density at radius 3 is 1.69 bits per heavy atom. The van der Waals surface area contributed by atoms with Crippen LogP contribution in [0, 0.1) is 0 Å². The SMILES string of the molecule is CCCCC[CH2][Al]([CH2]C=O)[CH2]CCCCC. The van der Waals surface area contributed by atoms with Crippen molar-refractivity contribution in [1.29, 1.82) is 0 Å². The van der Waals surface area contributed by atoms with E-state index in [1.165, 1.54) is 68.2 Å². The van der Waals surface area contributed by atoms with Gasteiger partial charge in [-0.25, -0.2) is 0 Å². The number of rotatable bonds is 12. The maximum atomic E-state index is 10.6. The predicted molar refractivity (Wildman–Crippen MR) is 74.5 cm³/mol. The van der Waals surface area contributed by atoms with E-state index >= 15 is 0 Å². The van der Waals surface area contributed by atoms with E-state index in [0.29, 0.717) is 0 Å². The highest BCUT2D eigenvalue weighted by Crippen LogP contribution is 2.15. The van der Waals surface area contributed by atoms with Crippen LogP contribution in [-0.4, -0.2) is 20.4 Å². The lowest BCUT2D eigenvalue weighted by Gasteiger charge is -2.08. The number of carbonyl (C=O) groups excluding carboxylic acids is 1. The molecule has 0 N–H and O–H groups in total. The van der Waals surface area contributed by atoms with E-state index in [1.54, 1.807) is 0 Å². The summed E-state index contributed by atoms with van der Waals surface area (Å²) < 4.78 is 0. The molecule has 0 saturated heterocycles. The summed E-state index contributed by atoms with van der Waals surface area (Å²) in [6.07, 6.45) is 12.1. The van der Waals surface area contributed by atoms with E-state index < -0.39 is 14.1 Å². The molecule has 16 heavy (non-hydrogen) atoms. The molecule has 0 aromatic carbocycles. The minimum absolute atomic E-state index is 0.687. The predicted octanol–water partition coefficient (Wildman–Crippen LogP) is 4.84. The van der Waals surface area contributed by atoms with Crippen molar-refractivity contribution in [2.75, 3.05) is 0 Å². The van der Waals surface area contributed by atoms with Crippen LogP contribution < -0.4 is 0 Å². The Labute approximate surface area is 106 Å². The molecular weight excluding hydrogens is 211 g/mol. The number of carbonyl (C=O) groups is 1. The summed E-state index contributed by atoms with van der Waals surface area (Å²) in [6.45, 7) is 4.51. The first-order chi connectivity index (χ1) is 7.85. The molecule has 0 rings (SSSR count). The minimum atomic E-state index is -0.687. The first-order valence-electron chi connectivity index (χ1n) is 7.28. The highest BCUT2D eigenvalue weighted by Gasteiger charge is 2.15. The normalized spacial score (nSPS) is 10.4. The van der Waals surface area contributed by atoms with Gasteiger partial charge >= 0.3 is 0 Å². The second-order valence-electron chi connectivity index (χ2n) is 4.97. The van der Waals surface area contributed by atoms with Gasteiger partial charge in [0.2, 0.25) is 0 Å². The molecule has 2 heteroatoms. The van der Waals surface area contributed by atoms with Gasteiger partial charge in [-0.3, -0.25) is 0 Å². The van der Waals surface area contributed by atoms with Crippen LogP contribution >= 0.6 is 0 Å². The van der Waals surface area contributed by atoms with E-state index in [4.69, 9.17) is 0 Å². The third-order valence-corrected chi connectivity index (χ3v) is 6.67. The van der Waals surface area contributed by atoms with Gasteiger partial charge in [0.05, 0.1) is 0 Å². The van der Waals surface area contributed by atoms with Gasteiger partial charge in [0.25, 0.3) is 14.1 Å². The average Bonchev–Trinajstić information content (AvgIpc) is 2.30. The molecule has 0 aromatic rings. The lowest BCUT2D eigenvalue weighted by atomic mass is 10.2. The quantitative estimate of drug-likeness (QED) is 0.271. The summed E-state index contributed by atoms with van der Waals surface area (Å²) in [6, 6.07) is 0. The van der Waals surface area contributed by atoms with Crippen LogP contribution in [0.4, 0.5) is 0 Å². The van der Waals surface area contributed by atoms with Gasteiger partial charge in [-0.15, -0.1) is 0 Å². The van der Waals surface area contributed by atoms with Crippen LogP contribution in [0.5, 0.6) is 0 Å². The van der Waals surface area contributed by atoms with Crippen LogP contribution in [0.1, 0.15) is 65.2 Å². The van der Waals surface area contributed by atoms with Gasteiger partial charge in [0.15, 0.2) is 0 Å². The molecule has 0 aliphatic rings. The van der Waals surface area contributed by atoms with Crippen LogP contribution in [0.2, 0.25) is 15.8 Å². The molecule has 1 nitrogen and oxygen atoms in total. The summed E-state index contributed by atoms with van der Waals surface area (Å²) >= 11 is -0.687. The van der Waals surface area contributed by atoms with Crippen molar-refractivity contribution in [3.63, 3.8) is 0 Å². The third kappa shape index (κ3) is 10.7. The molecule has 0 atom stereocenters. The largest absolute Gasteiger partial charge is 0.305 e. The van der Waals surface area contributed by atoms with E-state index in [1.807, 2.05) is 0 Å². The molecule has 0 aliphatic carbocycles. The second kappa shape index (κ2) is 13.3. The fraction of sp³-hybridized carbons (Fsp3) is 0.929. The monoisotopic (exact) mass is 240 g/mol. The minimum Gasteiger partial charge on any atom is -0.305 e. The Balaban J connectivity index is 3.49. The molecule has 0 aliphatic heterocycles. The number of hydrogen-bond donors (Lipinski definition) is 0. The standard InChI is InChI=1S/2C6H13.C2H3O.Al/c2*1-3-5-6-4-2;1-2-3;/h2*1,3-6H2,2H3;2H,1H2;. The van der Waals surface area contributed by atoms with Crippen LogP contribution in [-0.2, 0) is 4.79 Å². The Hall–Kier alpha value is 0.202. The fourth-order valence-electron chi connectivity index (χ4n) is 2.24. The molecular formula is C14H29AlO. The van der Waals surface area contributed by atoms with E-state index in [9.17, 15) is 4.79 Å². The smallest absolute Gasteiger partial charge is 0.271 e. The number of aldehydes is 1. The van der Waals surface area contributed by atoms with Crippen molar-refractivity contribution in [3.05, 3.63) is 0 Å². The van der Waals surface area contributed by atoms with Crippen molar-refractivity contribution in [3.8, 4) is 0 Å². The molecule has 0 heterocycles. The molecule has 0 spiro atoms. The van der Waals surface area contributed by atoms with Crippen molar-refractivity contribution in [2.45, 2.75) is 81.1 Å². The van der Waals surface area contributed by atoms with E-state index in [-0.39, 0.29) is 0 Å². The second-order valence-corrected chi connectivity index (χ2v) is 8.33. The van der Waals surface area contributed by atoms with Crippen molar-refractivity contribution in [2.24, 2.45) is 0 Å². The van der Waals surface area contributed by atoms with E-state index in [0.717, 1.165) is 5.28 Å². The van der Waals surface area contributed by atoms with Gasteiger partial charge in [0, 0.05) is 0 Å². The van der Waals surface area contributed by atoms with Crippen molar-refractivity contribution < 1.29 is 4.79 Å². The summed E-state index contributed by atoms with van der Waals surface area (Å²) in [5.41, 5.74) is 0. The Bertz CT molecular complexity index is 136. The molecule has 0 amide bonds. The lowest BCUT2D eigenvalue weighted by Crippen LogP contribution is -2.12. The molecule has 94 valence electrons.